The number of hydrogen-bond acceptors (Lipinski definition) is 4. The van der Waals surface area contributed by atoms with Crippen molar-refractivity contribution in [3.05, 3.63) is 36.7 Å². The Bertz CT molecular complexity index is 417. The van der Waals surface area contributed by atoms with Gasteiger partial charge in [0, 0.05) is 12.4 Å². The Hall–Kier alpha value is -1.42. The SMILES string of the molecule is CSc1nccc(-c2ccccn2)n1. The first-order valence-corrected chi connectivity index (χ1v) is 5.41. The van der Waals surface area contributed by atoms with Crippen LogP contribution in [0.25, 0.3) is 11.4 Å². The highest BCUT2D eigenvalue weighted by Gasteiger charge is 2.00. The predicted molar refractivity (Wildman–Crippen MR) is 57.0 cm³/mol. The van der Waals surface area contributed by atoms with Gasteiger partial charge >= 0.3 is 0 Å². The second kappa shape index (κ2) is 4.19. The second-order valence-electron chi connectivity index (χ2n) is 2.64. The van der Waals surface area contributed by atoms with Crippen LogP contribution in [0.5, 0.6) is 0 Å². The Morgan fingerprint density at radius 2 is 1.93 bits per heavy atom. The summed E-state index contributed by atoms with van der Waals surface area (Å²) < 4.78 is 0. The maximum absolute atomic E-state index is 4.35. The van der Waals surface area contributed by atoms with Gasteiger partial charge in [-0.15, -0.1) is 0 Å². The maximum atomic E-state index is 4.35. The highest BCUT2D eigenvalue weighted by molar-refractivity contribution is 7.98. The molecule has 2 rings (SSSR count). The fourth-order valence-corrected chi connectivity index (χ4v) is 1.45. The van der Waals surface area contributed by atoms with Crippen LogP contribution in [-0.4, -0.2) is 21.2 Å². The molecular weight excluding hydrogens is 194 g/mol. The zero-order valence-electron chi connectivity index (χ0n) is 7.71. The van der Waals surface area contributed by atoms with Crippen LogP contribution < -0.4 is 0 Å². The standard InChI is InChI=1S/C10H9N3S/c1-14-10-12-7-5-9(13-10)8-4-2-3-6-11-8/h2-7H,1H3. The molecule has 70 valence electrons. The van der Waals surface area contributed by atoms with Gasteiger partial charge in [0.15, 0.2) is 5.16 Å². The van der Waals surface area contributed by atoms with Crippen LogP contribution in [0.4, 0.5) is 0 Å². The first kappa shape index (κ1) is 9.15. The molecule has 2 heterocycles. The molecule has 2 aromatic rings. The van der Waals surface area contributed by atoms with Gasteiger partial charge in [-0.2, -0.15) is 0 Å². The Balaban J connectivity index is 2.42. The molecule has 0 aliphatic carbocycles. The third-order valence-electron chi connectivity index (χ3n) is 1.74. The van der Waals surface area contributed by atoms with Crippen molar-refractivity contribution in [1.29, 1.82) is 0 Å². The zero-order chi connectivity index (χ0) is 9.80. The van der Waals surface area contributed by atoms with Crippen molar-refractivity contribution in [2.75, 3.05) is 6.26 Å². The maximum Gasteiger partial charge on any atom is 0.187 e. The molecule has 0 bridgehead atoms. The van der Waals surface area contributed by atoms with E-state index in [1.165, 1.54) is 11.8 Å². The van der Waals surface area contributed by atoms with Crippen molar-refractivity contribution in [1.82, 2.24) is 15.0 Å². The average molecular weight is 203 g/mol. The quantitative estimate of drug-likeness (QED) is 0.554. The van der Waals surface area contributed by atoms with E-state index in [1.54, 1.807) is 12.4 Å². The molecule has 0 saturated heterocycles. The number of nitrogens with zero attached hydrogens (tertiary/aromatic N) is 3. The molecule has 0 amide bonds. The molecule has 0 aliphatic heterocycles. The van der Waals surface area contributed by atoms with E-state index in [0.717, 1.165) is 16.5 Å². The van der Waals surface area contributed by atoms with Gasteiger partial charge in [-0.1, -0.05) is 17.8 Å². The Kier molecular flexibility index (Phi) is 2.74. The number of rotatable bonds is 2. The first-order valence-electron chi connectivity index (χ1n) is 4.18. The van der Waals surface area contributed by atoms with Crippen molar-refractivity contribution >= 4 is 11.8 Å². The van der Waals surface area contributed by atoms with Crippen molar-refractivity contribution in [2.24, 2.45) is 0 Å². The Morgan fingerprint density at radius 1 is 1.00 bits per heavy atom. The number of aromatic nitrogens is 3. The largest absolute Gasteiger partial charge is 0.255 e. The molecule has 0 atom stereocenters. The van der Waals surface area contributed by atoms with Gasteiger partial charge in [0.25, 0.3) is 0 Å². The summed E-state index contributed by atoms with van der Waals surface area (Å²) in [5, 5.41) is 0.771. The van der Waals surface area contributed by atoms with E-state index in [4.69, 9.17) is 0 Å². The summed E-state index contributed by atoms with van der Waals surface area (Å²) in [7, 11) is 0. The van der Waals surface area contributed by atoms with Crippen LogP contribution in [0.1, 0.15) is 0 Å². The zero-order valence-corrected chi connectivity index (χ0v) is 8.53. The normalized spacial score (nSPS) is 10.1. The third kappa shape index (κ3) is 1.90. The van der Waals surface area contributed by atoms with Gasteiger partial charge in [-0.3, -0.25) is 4.98 Å². The van der Waals surface area contributed by atoms with Crippen LogP contribution in [0.3, 0.4) is 0 Å². The molecule has 0 aromatic carbocycles. The van der Waals surface area contributed by atoms with E-state index in [2.05, 4.69) is 15.0 Å². The lowest BCUT2D eigenvalue weighted by atomic mass is 10.3. The molecule has 0 N–H and O–H groups in total. The van der Waals surface area contributed by atoms with Gasteiger partial charge in [0.05, 0.1) is 11.4 Å². The summed E-state index contributed by atoms with van der Waals surface area (Å²) in [4.78, 5) is 12.7. The average Bonchev–Trinajstić information content (AvgIpc) is 2.30. The van der Waals surface area contributed by atoms with Gasteiger partial charge in [0.2, 0.25) is 0 Å². The minimum Gasteiger partial charge on any atom is -0.255 e. The van der Waals surface area contributed by atoms with E-state index in [0.29, 0.717) is 0 Å². The number of hydrogen-bond donors (Lipinski definition) is 0. The van der Waals surface area contributed by atoms with Gasteiger partial charge in [0.1, 0.15) is 0 Å². The van der Waals surface area contributed by atoms with Gasteiger partial charge in [-0.25, -0.2) is 9.97 Å². The summed E-state index contributed by atoms with van der Waals surface area (Å²) >= 11 is 1.53. The first-order chi connectivity index (χ1) is 6.90. The van der Waals surface area contributed by atoms with Gasteiger partial charge in [-0.05, 0) is 24.5 Å². The van der Waals surface area contributed by atoms with Crippen LogP contribution in [0, 0.1) is 0 Å². The summed E-state index contributed by atoms with van der Waals surface area (Å²) in [6.07, 6.45) is 5.47. The van der Waals surface area contributed by atoms with Crippen LogP contribution in [0.15, 0.2) is 41.8 Å². The molecule has 3 nitrogen and oxygen atoms in total. The van der Waals surface area contributed by atoms with Crippen LogP contribution in [0.2, 0.25) is 0 Å². The molecule has 0 radical (unpaired) electrons. The minimum absolute atomic E-state index is 0.771. The van der Waals surface area contributed by atoms with Crippen LogP contribution in [-0.2, 0) is 0 Å². The van der Waals surface area contributed by atoms with Crippen molar-refractivity contribution in [3.8, 4) is 11.4 Å². The van der Waals surface area contributed by atoms with E-state index in [9.17, 15) is 0 Å². The summed E-state index contributed by atoms with van der Waals surface area (Å²) in [5.41, 5.74) is 1.75. The number of thioether (sulfide) groups is 1. The lowest BCUT2D eigenvalue weighted by Gasteiger charge is -1.99. The Labute approximate surface area is 86.6 Å². The second-order valence-corrected chi connectivity index (χ2v) is 3.42. The van der Waals surface area contributed by atoms with Crippen LogP contribution >= 0.6 is 11.8 Å². The summed E-state index contributed by atoms with van der Waals surface area (Å²) in [5.74, 6) is 0. The monoisotopic (exact) mass is 203 g/mol. The van der Waals surface area contributed by atoms with Crippen molar-refractivity contribution in [3.63, 3.8) is 0 Å². The molecule has 14 heavy (non-hydrogen) atoms. The molecule has 0 aliphatic rings. The molecule has 0 unspecified atom stereocenters. The van der Waals surface area contributed by atoms with Crippen molar-refractivity contribution < 1.29 is 0 Å². The third-order valence-corrected chi connectivity index (χ3v) is 2.31. The topological polar surface area (TPSA) is 38.7 Å². The molecule has 0 saturated carbocycles. The number of pyridine rings is 1. The molecule has 4 heteroatoms. The molecule has 0 fully saturated rings. The minimum atomic E-state index is 0.771. The molecule has 0 spiro atoms. The lowest BCUT2D eigenvalue weighted by molar-refractivity contribution is 0.971. The molecule has 2 aromatic heterocycles. The summed E-state index contributed by atoms with van der Waals surface area (Å²) in [6, 6.07) is 7.64. The van der Waals surface area contributed by atoms with E-state index >= 15 is 0 Å². The highest BCUT2D eigenvalue weighted by atomic mass is 32.2. The molecular formula is C10H9N3S. The van der Waals surface area contributed by atoms with Gasteiger partial charge < -0.3 is 0 Å². The van der Waals surface area contributed by atoms with E-state index in [-0.39, 0.29) is 0 Å². The fourth-order valence-electron chi connectivity index (χ4n) is 1.10. The highest BCUT2D eigenvalue weighted by Crippen LogP contribution is 2.15. The summed E-state index contributed by atoms with van der Waals surface area (Å²) in [6.45, 7) is 0. The van der Waals surface area contributed by atoms with E-state index in [1.807, 2.05) is 30.5 Å². The van der Waals surface area contributed by atoms with Crippen molar-refractivity contribution in [2.45, 2.75) is 5.16 Å². The Morgan fingerprint density at radius 3 is 2.64 bits per heavy atom. The fraction of sp³-hybridized carbons (Fsp3) is 0.100. The van der Waals surface area contributed by atoms with E-state index < -0.39 is 0 Å². The lowest BCUT2D eigenvalue weighted by Crippen LogP contribution is -1.90. The predicted octanol–water partition coefficient (Wildman–Crippen LogP) is 2.26. The smallest absolute Gasteiger partial charge is 0.187 e.